The molecule has 3 aromatic rings. The summed E-state index contributed by atoms with van der Waals surface area (Å²) in [7, 11) is 1.79. The molecule has 1 aromatic carbocycles. The summed E-state index contributed by atoms with van der Waals surface area (Å²) in [6.45, 7) is 2.02. The third-order valence-electron chi connectivity index (χ3n) is 4.07. The Kier molecular flexibility index (Phi) is 6.68. The molecule has 0 aliphatic carbocycles. The van der Waals surface area contributed by atoms with Gasteiger partial charge in [0.05, 0.1) is 12.2 Å². The molecule has 0 aliphatic rings. The van der Waals surface area contributed by atoms with Crippen LogP contribution in [0.15, 0.2) is 18.2 Å². The Morgan fingerprint density at radius 2 is 2.06 bits per heavy atom. The van der Waals surface area contributed by atoms with Crippen LogP contribution in [0.4, 0.5) is 18.3 Å². The summed E-state index contributed by atoms with van der Waals surface area (Å²) in [5, 5.41) is 29.1. The minimum absolute atomic E-state index is 0.168. The second kappa shape index (κ2) is 9.24. The molecule has 3 rings (SSSR count). The van der Waals surface area contributed by atoms with Gasteiger partial charge in [-0.25, -0.2) is 0 Å². The molecule has 10 nitrogen and oxygen atoms in total. The van der Waals surface area contributed by atoms with Gasteiger partial charge in [0.1, 0.15) is 5.75 Å². The number of ether oxygens (including phenoxy) is 1. The average Bonchev–Trinajstić information content (AvgIpc) is 3.34. The Balaban J connectivity index is 1.52. The van der Waals surface area contributed by atoms with E-state index < -0.39 is 24.3 Å². The van der Waals surface area contributed by atoms with Crippen LogP contribution in [0.3, 0.4) is 0 Å². The summed E-state index contributed by atoms with van der Waals surface area (Å²) in [4.78, 5) is 13.4. The van der Waals surface area contributed by atoms with Gasteiger partial charge in [0.15, 0.2) is 11.6 Å². The van der Waals surface area contributed by atoms with Crippen molar-refractivity contribution in [1.82, 2.24) is 30.4 Å². The number of aryl methyl sites for hydroxylation is 1. The van der Waals surface area contributed by atoms with E-state index in [9.17, 15) is 18.0 Å². The number of tetrazole rings is 1. The van der Waals surface area contributed by atoms with Gasteiger partial charge in [-0.3, -0.25) is 4.79 Å². The smallest absolute Gasteiger partial charge is 0.416 e. The number of carbonyl (C=O) groups is 1. The van der Waals surface area contributed by atoms with Crippen molar-refractivity contribution in [3.8, 4) is 16.6 Å². The van der Waals surface area contributed by atoms with Crippen LogP contribution in [0, 0.1) is 6.92 Å². The predicted molar refractivity (Wildman–Crippen MR) is 104 cm³/mol. The molecular formula is C17H18F3N7O3S. The number of carboxylic acids is 1. The fraction of sp³-hybridized carbons (Fsp3) is 0.412. The highest BCUT2D eigenvalue weighted by atomic mass is 32.1. The van der Waals surface area contributed by atoms with E-state index in [-0.39, 0.29) is 18.2 Å². The molecule has 0 radical (unpaired) electrons. The fourth-order valence-corrected chi connectivity index (χ4v) is 3.24. The molecule has 1 N–H and O–H groups in total. The molecule has 2 heterocycles. The van der Waals surface area contributed by atoms with Crippen molar-refractivity contribution in [1.29, 1.82) is 0 Å². The van der Waals surface area contributed by atoms with Crippen LogP contribution in [-0.4, -0.2) is 61.7 Å². The first-order chi connectivity index (χ1) is 14.6. The molecule has 166 valence electrons. The van der Waals surface area contributed by atoms with Crippen molar-refractivity contribution >= 4 is 22.4 Å². The maximum absolute atomic E-state index is 12.8. The van der Waals surface area contributed by atoms with E-state index in [0.717, 1.165) is 16.9 Å². The van der Waals surface area contributed by atoms with Crippen molar-refractivity contribution in [3.63, 3.8) is 0 Å². The summed E-state index contributed by atoms with van der Waals surface area (Å²) in [5.74, 6) is -0.725. The van der Waals surface area contributed by atoms with Crippen LogP contribution in [-0.2, 0) is 17.5 Å². The number of benzene rings is 1. The predicted octanol–water partition coefficient (Wildman–Crippen LogP) is 2.51. The maximum atomic E-state index is 12.8. The van der Waals surface area contributed by atoms with Gasteiger partial charge >= 0.3 is 12.1 Å². The highest BCUT2D eigenvalue weighted by Crippen LogP contribution is 2.33. The van der Waals surface area contributed by atoms with Crippen LogP contribution >= 0.6 is 11.3 Å². The lowest BCUT2D eigenvalue weighted by Gasteiger charge is -2.16. The largest absolute Gasteiger partial charge is 0.493 e. The summed E-state index contributed by atoms with van der Waals surface area (Å²) in [5.41, 5.74) is -0.126. The Bertz CT molecular complexity index is 1050. The number of alkyl halides is 3. The van der Waals surface area contributed by atoms with Gasteiger partial charge in [0, 0.05) is 13.6 Å². The molecule has 0 fully saturated rings. The number of hydrogen-bond acceptors (Lipinski definition) is 9. The first-order valence-electron chi connectivity index (χ1n) is 8.99. The average molecular weight is 457 g/mol. The second-order valence-corrected chi connectivity index (χ2v) is 7.48. The van der Waals surface area contributed by atoms with Crippen LogP contribution in [0.5, 0.6) is 5.75 Å². The lowest BCUT2D eigenvalue weighted by molar-refractivity contribution is -0.138. The van der Waals surface area contributed by atoms with Gasteiger partial charge in [-0.05, 0) is 36.3 Å². The number of anilines is 1. The standard InChI is InChI=1S/C17H18F3N7O3S/c1-10-4-5-11(17(18,19)20)8-12(10)30-7-3-6-26(2)16-23-22-15(31-16)14-21-25-27(24-14)9-13(28)29/h4-5,8H,3,6-7,9H2,1-2H3,(H,28,29). The van der Waals surface area contributed by atoms with Gasteiger partial charge in [-0.1, -0.05) is 17.4 Å². The molecular weight excluding hydrogens is 439 g/mol. The number of halogens is 3. The number of aromatic nitrogens is 6. The van der Waals surface area contributed by atoms with Crippen molar-refractivity contribution in [2.45, 2.75) is 26.1 Å². The third-order valence-corrected chi connectivity index (χ3v) is 5.11. The summed E-state index contributed by atoms with van der Waals surface area (Å²) < 4.78 is 44.1. The zero-order valence-corrected chi connectivity index (χ0v) is 17.3. The molecule has 0 atom stereocenters. The summed E-state index contributed by atoms with van der Waals surface area (Å²) in [6, 6.07) is 3.41. The number of carboxylic acid groups (broad SMARTS) is 1. The van der Waals surface area contributed by atoms with Crippen LogP contribution in [0.25, 0.3) is 10.8 Å². The van der Waals surface area contributed by atoms with Gasteiger partial charge in [0.2, 0.25) is 11.0 Å². The topological polar surface area (TPSA) is 119 Å². The third kappa shape index (κ3) is 5.87. The quantitative estimate of drug-likeness (QED) is 0.483. The molecule has 0 spiro atoms. The molecule has 0 saturated carbocycles. The number of hydrogen-bond donors (Lipinski definition) is 1. The van der Waals surface area contributed by atoms with Crippen molar-refractivity contribution in [3.05, 3.63) is 29.3 Å². The minimum Gasteiger partial charge on any atom is -0.493 e. The van der Waals surface area contributed by atoms with E-state index in [4.69, 9.17) is 9.84 Å². The molecule has 14 heteroatoms. The SMILES string of the molecule is Cc1ccc(C(F)(F)F)cc1OCCCN(C)c1nnc(-c2nnn(CC(=O)O)n2)s1. The molecule has 0 aliphatic heterocycles. The normalized spacial score (nSPS) is 11.5. The number of rotatable bonds is 9. The van der Waals surface area contributed by atoms with E-state index in [0.29, 0.717) is 28.7 Å². The van der Waals surface area contributed by atoms with Crippen LogP contribution in [0.2, 0.25) is 0 Å². The first kappa shape index (κ1) is 22.4. The van der Waals surface area contributed by atoms with Crippen molar-refractivity contribution < 1.29 is 27.8 Å². The Hall–Kier alpha value is -3.29. The van der Waals surface area contributed by atoms with Crippen molar-refractivity contribution in [2.75, 3.05) is 25.1 Å². The minimum atomic E-state index is -4.42. The monoisotopic (exact) mass is 457 g/mol. The fourth-order valence-electron chi connectivity index (χ4n) is 2.49. The molecule has 0 bridgehead atoms. The molecule has 0 saturated heterocycles. The first-order valence-corrected chi connectivity index (χ1v) is 9.80. The Labute approximate surface area is 178 Å². The molecule has 31 heavy (non-hydrogen) atoms. The van der Waals surface area contributed by atoms with Crippen LogP contribution in [0.1, 0.15) is 17.5 Å². The lowest BCUT2D eigenvalue weighted by atomic mass is 10.1. The lowest BCUT2D eigenvalue weighted by Crippen LogP contribution is -2.20. The van der Waals surface area contributed by atoms with E-state index in [1.807, 2.05) is 4.90 Å². The highest BCUT2D eigenvalue weighted by molar-refractivity contribution is 7.18. The Morgan fingerprint density at radius 3 is 2.77 bits per heavy atom. The summed E-state index contributed by atoms with van der Waals surface area (Å²) >= 11 is 1.20. The van der Waals surface area contributed by atoms with Crippen LogP contribution < -0.4 is 9.64 Å². The maximum Gasteiger partial charge on any atom is 0.416 e. The van der Waals surface area contributed by atoms with E-state index in [2.05, 4.69) is 25.6 Å². The van der Waals surface area contributed by atoms with Crippen molar-refractivity contribution in [2.24, 2.45) is 0 Å². The highest BCUT2D eigenvalue weighted by Gasteiger charge is 2.31. The molecule has 0 unspecified atom stereocenters. The van der Waals surface area contributed by atoms with Gasteiger partial charge in [-0.2, -0.15) is 18.0 Å². The number of aliphatic carboxylic acids is 1. The van der Waals surface area contributed by atoms with E-state index in [1.54, 1.807) is 14.0 Å². The zero-order chi connectivity index (χ0) is 22.6. The molecule has 0 amide bonds. The van der Waals surface area contributed by atoms with Gasteiger partial charge in [-0.15, -0.1) is 20.4 Å². The van der Waals surface area contributed by atoms with Gasteiger partial charge < -0.3 is 14.7 Å². The van der Waals surface area contributed by atoms with E-state index >= 15 is 0 Å². The Morgan fingerprint density at radius 1 is 1.29 bits per heavy atom. The zero-order valence-electron chi connectivity index (χ0n) is 16.5. The van der Waals surface area contributed by atoms with E-state index in [1.165, 1.54) is 17.4 Å². The second-order valence-electron chi connectivity index (χ2n) is 6.53. The molecule has 2 aromatic heterocycles. The van der Waals surface area contributed by atoms with Gasteiger partial charge in [0.25, 0.3) is 0 Å². The number of nitrogens with zero attached hydrogens (tertiary/aromatic N) is 7. The summed E-state index contributed by atoms with van der Waals surface area (Å²) in [6.07, 6.45) is -3.89.